The van der Waals surface area contributed by atoms with Crippen LogP contribution in [0.1, 0.15) is 56.8 Å². The fourth-order valence-corrected chi connectivity index (χ4v) is 4.63. The summed E-state index contributed by atoms with van der Waals surface area (Å²) in [4.78, 5) is 30.0. The Kier molecular flexibility index (Phi) is 7.76. The van der Waals surface area contributed by atoms with Gasteiger partial charge in [-0.15, -0.1) is 0 Å². The number of aromatic nitrogens is 2. The monoisotopic (exact) mass is 446 g/mol. The fraction of sp³-hybridized carbons (Fsp3) is 0.444. The van der Waals surface area contributed by atoms with Crippen LogP contribution in [0.4, 0.5) is 5.69 Å². The van der Waals surface area contributed by atoms with Crippen LogP contribution in [0, 0.1) is 5.92 Å². The average Bonchev–Trinajstić information content (AvgIpc) is 3.19. The lowest BCUT2D eigenvalue weighted by molar-refractivity contribution is -0.125. The third kappa shape index (κ3) is 6.01. The van der Waals surface area contributed by atoms with E-state index >= 15 is 0 Å². The Balaban J connectivity index is 1.37. The van der Waals surface area contributed by atoms with E-state index in [0.29, 0.717) is 13.0 Å². The lowest BCUT2D eigenvalue weighted by Gasteiger charge is -2.20. The molecule has 1 saturated carbocycles. The number of hydrogen-bond acceptors (Lipinski definition) is 3. The fourth-order valence-electron chi connectivity index (χ4n) is 4.63. The van der Waals surface area contributed by atoms with Crippen molar-refractivity contribution in [2.24, 2.45) is 5.92 Å². The summed E-state index contributed by atoms with van der Waals surface area (Å²) in [5, 5.41) is 6.10. The SMILES string of the molecule is CCc1ccc(NC(=O)Cn2c(CCCNC(=O)C3CCCCC3)nc3ccccc32)cc1. The van der Waals surface area contributed by atoms with Crippen LogP contribution in [-0.2, 0) is 29.0 Å². The van der Waals surface area contributed by atoms with Gasteiger partial charge >= 0.3 is 0 Å². The van der Waals surface area contributed by atoms with Gasteiger partial charge in [0.2, 0.25) is 11.8 Å². The summed E-state index contributed by atoms with van der Waals surface area (Å²) in [5.41, 5.74) is 3.88. The van der Waals surface area contributed by atoms with Crippen LogP contribution in [0.15, 0.2) is 48.5 Å². The molecule has 2 amide bonds. The summed E-state index contributed by atoms with van der Waals surface area (Å²) in [6.45, 7) is 2.95. The standard InChI is InChI=1S/C27H34N4O2/c1-2-20-14-16-22(17-15-20)29-26(32)19-31-24-12-7-6-11-23(24)30-25(31)13-8-18-28-27(33)21-9-4-3-5-10-21/h6-7,11-12,14-17,21H,2-5,8-10,13,18-19H2,1H3,(H,28,33)(H,29,32). The Morgan fingerprint density at radius 1 is 1.03 bits per heavy atom. The van der Waals surface area contributed by atoms with E-state index in [2.05, 4.69) is 17.6 Å². The van der Waals surface area contributed by atoms with Crippen molar-refractivity contribution >= 4 is 28.5 Å². The highest BCUT2D eigenvalue weighted by molar-refractivity contribution is 5.91. The average molecular weight is 447 g/mol. The Morgan fingerprint density at radius 3 is 2.55 bits per heavy atom. The van der Waals surface area contributed by atoms with Crippen LogP contribution in [0.25, 0.3) is 11.0 Å². The van der Waals surface area contributed by atoms with Crippen molar-refractivity contribution in [3.63, 3.8) is 0 Å². The van der Waals surface area contributed by atoms with Gasteiger partial charge in [0, 0.05) is 24.6 Å². The van der Waals surface area contributed by atoms with Crippen molar-refractivity contribution in [3.8, 4) is 0 Å². The van der Waals surface area contributed by atoms with Gasteiger partial charge in [-0.1, -0.05) is 50.5 Å². The van der Waals surface area contributed by atoms with Crippen molar-refractivity contribution < 1.29 is 9.59 Å². The number of carbonyl (C=O) groups is 2. The number of anilines is 1. The highest BCUT2D eigenvalue weighted by Gasteiger charge is 2.20. The summed E-state index contributed by atoms with van der Waals surface area (Å²) in [5.74, 6) is 1.17. The van der Waals surface area contributed by atoms with Crippen LogP contribution in [-0.4, -0.2) is 27.9 Å². The zero-order valence-corrected chi connectivity index (χ0v) is 19.5. The van der Waals surface area contributed by atoms with Crippen LogP contribution < -0.4 is 10.6 Å². The van der Waals surface area contributed by atoms with Gasteiger partial charge < -0.3 is 15.2 Å². The van der Waals surface area contributed by atoms with Gasteiger partial charge in [-0.05, 0) is 55.5 Å². The van der Waals surface area contributed by atoms with Crippen molar-refractivity contribution in [1.82, 2.24) is 14.9 Å². The quantitative estimate of drug-likeness (QED) is 0.461. The van der Waals surface area contributed by atoms with Crippen molar-refractivity contribution in [3.05, 3.63) is 59.9 Å². The zero-order valence-electron chi connectivity index (χ0n) is 19.5. The third-order valence-corrected chi connectivity index (χ3v) is 6.53. The van der Waals surface area contributed by atoms with Gasteiger partial charge in [-0.3, -0.25) is 9.59 Å². The molecule has 0 bridgehead atoms. The third-order valence-electron chi connectivity index (χ3n) is 6.53. The second-order valence-electron chi connectivity index (χ2n) is 8.93. The number of para-hydroxylation sites is 2. The summed E-state index contributed by atoms with van der Waals surface area (Å²) in [6, 6.07) is 15.9. The van der Waals surface area contributed by atoms with Crippen molar-refractivity contribution in [2.75, 3.05) is 11.9 Å². The number of amides is 2. The molecule has 0 aliphatic heterocycles. The molecule has 33 heavy (non-hydrogen) atoms. The summed E-state index contributed by atoms with van der Waals surface area (Å²) < 4.78 is 1.99. The predicted octanol–water partition coefficient (Wildman–Crippen LogP) is 4.87. The van der Waals surface area contributed by atoms with Gasteiger partial charge in [-0.25, -0.2) is 4.98 Å². The lowest BCUT2D eigenvalue weighted by atomic mass is 9.89. The maximum Gasteiger partial charge on any atom is 0.244 e. The molecule has 1 aliphatic carbocycles. The number of hydrogen-bond donors (Lipinski definition) is 2. The molecular weight excluding hydrogens is 412 g/mol. The van der Waals surface area contributed by atoms with Crippen molar-refractivity contribution in [1.29, 1.82) is 0 Å². The normalized spacial score (nSPS) is 14.3. The Morgan fingerprint density at radius 2 is 1.79 bits per heavy atom. The van der Waals surface area contributed by atoms with E-state index in [4.69, 9.17) is 4.98 Å². The van der Waals surface area contributed by atoms with Gasteiger partial charge in [0.25, 0.3) is 0 Å². The maximum absolute atomic E-state index is 12.8. The minimum atomic E-state index is -0.0748. The number of carbonyl (C=O) groups excluding carboxylic acids is 2. The minimum absolute atomic E-state index is 0.0748. The second kappa shape index (κ2) is 11.1. The van der Waals surface area contributed by atoms with E-state index in [1.165, 1.54) is 12.0 Å². The largest absolute Gasteiger partial charge is 0.356 e. The molecule has 1 aliphatic rings. The Labute approximate surface area is 195 Å². The van der Waals surface area contributed by atoms with Crippen molar-refractivity contribution in [2.45, 2.75) is 64.8 Å². The first kappa shape index (κ1) is 23.0. The van der Waals surface area contributed by atoms with E-state index in [1.807, 2.05) is 53.1 Å². The van der Waals surface area contributed by atoms with Gasteiger partial charge in [0.1, 0.15) is 12.4 Å². The molecule has 4 rings (SSSR count). The molecule has 1 fully saturated rings. The highest BCUT2D eigenvalue weighted by Crippen LogP contribution is 2.23. The topological polar surface area (TPSA) is 76.0 Å². The molecule has 1 heterocycles. The molecule has 3 aromatic rings. The number of aryl methyl sites for hydroxylation is 2. The molecule has 0 radical (unpaired) electrons. The van der Waals surface area contributed by atoms with E-state index in [9.17, 15) is 9.59 Å². The molecule has 2 aromatic carbocycles. The van der Waals surface area contributed by atoms with Crippen LogP contribution >= 0.6 is 0 Å². The molecule has 0 saturated heterocycles. The maximum atomic E-state index is 12.8. The molecule has 0 spiro atoms. The van der Waals surface area contributed by atoms with E-state index in [1.54, 1.807) is 0 Å². The highest BCUT2D eigenvalue weighted by atomic mass is 16.2. The van der Waals surface area contributed by atoms with E-state index in [0.717, 1.165) is 61.1 Å². The number of rotatable bonds is 9. The first-order valence-corrected chi connectivity index (χ1v) is 12.2. The number of fused-ring (bicyclic) bond motifs is 1. The molecular formula is C27H34N4O2. The molecule has 6 heteroatoms. The number of nitrogens with zero attached hydrogens (tertiary/aromatic N) is 2. The predicted molar refractivity (Wildman–Crippen MR) is 132 cm³/mol. The molecule has 0 atom stereocenters. The summed E-state index contributed by atoms with van der Waals surface area (Å²) in [7, 11) is 0. The zero-order chi connectivity index (χ0) is 23.0. The molecule has 174 valence electrons. The number of nitrogens with one attached hydrogen (secondary N) is 2. The Bertz CT molecular complexity index is 1080. The van der Waals surface area contributed by atoms with Gasteiger partial charge in [0.15, 0.2) is 0 Å². The van der Waals surface area contributed by atoms with E-state index in [-0.39, 0.29) is 24.3 Å². The first-order chi connectivity index (χ1) is 16.1. The van der Waals surface area contributed by atoms with Crippen LogP contribution in [0.2, 0.25) is 0 Å². The minimum Gasteiger partial charge on any atom is -0.356 e. The summed E-state index contributed by atoms with van der Waals surface area (Å²) in [6.07, 6.45) is 8.06. The van der Waals surface area contributed by atoms with Crippen LogP contribution in [0.3, 0.4) is 0 Å². The first-order valence-electron chi connectivity index (χ1n) is 12.2. The van der Waals surface area contributed by atoms with Crippen LogP contribution in [0.5, 0.6) is 0 Å². The molecule has 2 N–H and O–H groups in total. The van der Waals surface area contributed by atoms with Gasteiger partial charge in [0.05, 0.1) is 11.0 Å². The van der Waals surface area contributed by atoms with Gasteiger partial charge in [-0.2, -0.15) is 0 Å². The molecule has 0 unspecified atom stereocenters. The number of imidazole rings is 1. The molecule has 1 aromatic heterocycles. The second-order valence-corrected chi connectivity index (χ2v) is 8.93. The molecule has 6 nitrogen and oxygen atoms in total. The lowest BCUT2D eigenvalue weighted by Crippen LogP contribution is -2.32. The summed E-state index contributed by atoms with van der Waals surface area (Å²) >= 11 is 0. The number of benzene rings is 2. The van der Waals surface area contributed by atoms with E-state index < -0.39 is 0 Å². The Hall–Kier alpha value is -3.15. The smallest absolute Gasteiger partial charge is 0.244 e.